The summed E-state index contributed by atoms with van der Waals surface area (Å²) < 4.78 is 7.69. The molecule has 0 saturated heterocycles. The Bertz CT molecular complexity index is 568. The molecule has 0 radical (unpaired) electrons. The lowest BCUT2D eigenvalue weighted by molar-refractivity contribution is 0.341. The minimum absolute atomic E-state index is 0.254. The van der Waals surface area contributed by atoms with E-state index in [1.807, 2.05) is 35.8 Å². The van der Waals surface area contributed by atoms with Crippen LogP contribution in [0.15, 0.2) is 29.4 Å². The van der Waals surface area contributed by atoms with Crippen molar-refractivity contribution in [3.05, 3.63) is 29.8 Å². The van der Waals surface area contributed by atoms with Crippen molar-refractivity contribution in [2.75, 3.05) is 18.1 Å². The van der Waals surface area contributed by atoms with E-state index in [9.17, 15) is 0 Å². The highest BCUT2D eigenvalue weighted by molar-refractivity contribution is 7.99. The molecule has 1 heterocycles. The summed E-state index contributed by atoms with van der Waals surface area (Å²) >= 11 is 1.61. The first kappa shape index (κ1) is 14.7. The number of hydrogen-bond donors (Lipinski definition) is 1. The van der Waals surface area contributed by atoms with E-state index in [0.29, 0.717) is 12.6 Å². The largest absolute Gasteiger partial charge is 0.492 e. The molecule has 2 rings (SSSR count). The molecule has 20 heavy (non-hydrogen) atoms. The molecule has 0 aliphatic heterocycles. The summed E-state index contributed by atoms with van der Waals surface area (Å²) in [6, 6.07) is 8.26. The number of nitrogens with zero attached hydrogens (tertiary/aromatic N) is 3. The Labute approximate surface area is 123 Å². The van der Waals surface area contributed by atoms with Gasteiger partial charge in [-0.1, -0.05) is 30.0 Å². The van der Waals surface area contributed by atoms with Gasteiger partial charge < -0.3 is 10.5 Å². The molecule has 0 unspecified atom stereocenters. The molecule has 108 valence electrons. The average Bonchev–Trinajstić information content (AvgIpc) is 2.78. The van der Waals surface area contributed by atoms with Crippen molar-refractivity contribution in [1.82, 2.24) is 14.8 Å². The predicted octanol–water partition coefficient (Wildman–Crippen LogP) is 2.92. The summed E-state index contributed by atoms with van der Waals surface area (Å²) in [6.07, 6.45) is 0. The molecular formula is C14H20N4OS. The maximum Gasteiger partial charge on any atom is 0.222 e. The fourth-order valence-corrected chi connectivity index (χ4v) is 2.77. The van der Waals surface area contributed by atoms with Gasteiger partial charge in [-0.15, -0.1) is 10.2 Å². The number of hydrogen-bond acceptors (Lipinski definition) is 5. The van der Waals surface area contributed by atoms with Crippen molar-refractivity contribution in [3.8, 4) is 5.75 Å². The van der Waals surface area contributed by atoms with Crippen LogP contribution in [0.25, 0.3) is 0 Å². The SMILES string of the molecule is Cc1ccccc1OCCSc1nnc(N)n1C(C)C. The Kier molecular flexibility index (Phi) is 4.89. The Morgan fingerprint density at radius 2 is 2.05 bits per heavy atom. The molecule has 0 amide bonds. The summed E-state index contributed by atoms with van der Waals surface area (Å²) in [5, 5.41) is 8.85. The number of rotatable bonds is 6. The fourth-order valence-electron chi connectivity index (χ4n) is 1.88. The van der Waals surface area contributed by atoms with Gasteiger partial charge in [0.15, 0.2) is 5.16 Å². The zero-order valence-corrected chi connectivity index (χ0v) is 12.9. The van der Waals surface area contributed by atoms with Gasteiger partial charge in [0.2, 0.25) is 5.95 Å². The van der Waals surface area contributed by atoms with E-state index in [1.54, 1.807) is 11.8 Å². The van der Waals surface area contributed by atoms with Crippen molar-refractivity contribution in [2.45, 2.75) is 32.0 Å². The van der Waals surface area contributed by atoms with E-state index >= 15 is 0 Å². The monoisotopic (exact) mass is 292 g/mol. The Morgan fingerprint density at radius 1 is 1.30 bits per heavy atom. The van der Waals surface area contributed by atoms with Crippen LogP contribution in [0.2, 0.25) is 0 Å². The first-order valence-corrected chi connectivity index (χ1v) is 7.59. The molecule has 0 aliphatic rings. The molecule has 1 aromatic heterocycles. The van der Waals surface area contributed by atoms with Crippen LogP contribution in [-0.2, 0) is 0 Å². The van der Waals surface area contributed by atoms with Crippen molar-refractivity contribution >= 4 is 17.7 Å². The Balaban J connectivity index is 1.86. The number of benzene rings is 1. The minimum atomic E-state index is 0.254. The van der Waals surface area contributed by atoms with Gasteiger partial charge in [-0.2, -0.15) is 0 Å². The zero-order chi connectivity index (χ0) is 14.5. The molecule has 2 N–H and O–H groups in total. The number of thioether (sulfide) groups is 1. The van der Waals surface area contributed by atoms with Gasteiger partial charge in [0.05, 0.1) is 6.61 Å². The molecule has 0 atom stereocenters. The van der Waals surface area contributed by atoms with Crippen LogP contribution in [0.3, 0.4) is 0 Å². The van der Waals surface area contributed by atoms with E-state index in [2.05, 4.69) is 24.0 Å². The lowest BCUT2D eigenvalue weighted by Crippen LogP contribution is -2.08. The van der Waals surface area contributed by atoms with Crippen LogP contribution in [0.5, 0.6) is 5.75 Å². The number of nitrogen functional groups attached to an aromatic ring is 1. The second-order valence-electron chi connectivity index (χ2n) is 4.77. The Morgan fingerprint density at radius 3 is 2.75 bits per heavy atom. The molecular weight excluding hydrogens is 272 g/mol. The topological polar surface area (TPSA) is 66.0 Å². The van der Waals surface area contributed by atoms with Crippen molar-refractivity contribution in [3.63, 3.8) is 0 Å². The highest BCUT2D eigenvalue weighted by atomic mass is 32.2. The lowest BCUT2D eigenvalue weighted by atomic mass is 10.2. The third-order valence-corrected chi connectivity index (χ3v) is 3.78. The highest BCUT2D eigenvalue weighted by Gasteiger charge is 2.12. The first-order chi connectivity index (χ1) is 9.59. The standard InChI is InChI=1S/C14H20N4OS/c1-10(2)18-13(15)16-17-14(18)20-9-8-19-12-7-5-4-6-11(12)3/h4-7,10H,8-9H2,1-3H3,(H2,15,16). The molecule has 5 nitrogen and oxygen atoms in total. The van der Waals surface area contributed by atoms with Crippen LogP contribution >= 0.6 is 11.8 Å². The lowest BCUT2D eigenvalue weighted by Gasteiger charge is -2.12. The van der Waals surface area contributed by atoms with Gasteiger partial charge in [-0.25, -0.2) is 0 Å². The van der Waals surface area contributed by atoms with E-state index in [4.69, 9.17) is 10.5 Å². The van der Waals surface area contributed by atoms with Gasteiger partial charge in [0.1, 0.15) is 5.75 Å². The van der Waals surface area contributed by atoms with Crippen molar-refractivity contribution in [1.29, 1.82) is 0 Å². The molecule has 6 heteroatoms. The average molecular weight is 292 g/mol. The molecule has 0 bridgehead atoms. The number of para-hydroxylation sites is 1. The van der Waals surface area contributed by atoms with E-state index in [0.717, 1.165) is 22.2 Å². The molecule has 2 aromatic rings. The van der Waals surface area contributed by atoms with E-state index < -0.39 is 0 Å². The van der Waals surface area contributed by atoms with Gasteiger partial charge >= 0.3 is 0 Å². The molecule has 1 aromatic carbocycles. The highest BCUT2D eigenvalue weighted by Crippen LogP contribution is 2.23. The number of nitrogens with two attached hydrogens (primary N) is 1. The Hall–Kier alpha value is -1.69. The van der Waals surface area contributed by atoms with Crippen LogP contribution in [0.1, 0.15) is 25.5 Å². The first-order valence-electron chi connectivity index (χ1n) is 6.61. The molecule has 0 spiro atoms. The summed E-state index contributed by atoms with van der Waals surface area (Å²) in [7, 11) is 0. The zero-order valence-electron chi connectivity index (χ0n) is 12.0. The van der Waals surface area contributed by atoms with Crippen LogP contribution in [0.4, 0.5) is 5.95 Å². The van der Waals surface area contributed by atoms with Gasteiger partial charge in [0, 0.05) is 11.8 Å². The second kappa shape index (κ2) is 6.65. The van der Waals surface area contributed by atoms with Gasteiger partial charge in [-0.3, -0.25) is 4.57 Å². The normalized spacial score (nSPS) is 11.0. The number of aromatic nitrogens is 3. The molecule has 0 aliphatic carbocycles. The number of anilines is 1. The second-order valence-corrected chi connectivity index (χ2v) is 5.83. The summed E-state index contributed by atoms with van der Waals surface area (Å²) in [6.45, 7) is 6.79. The van der Waals surface area contributed by atoms with Crippen LogP contribution < -0.4 is 10.5 Å². The van der Waals surface area contributed by atoms with Crippen LogP contribution in [0, 0.1) is 6.92 Å². The minimum Gasteiger partial charge on any atom is -0.492 e. The summed E-state index contributed by atoms with van der Waals surface area (Å²) in [5.41, 5.74) is 6.95. The third kappa shape index (κ3) is 3.45. The van der Waals surface area contributed by atoms with Gasteiger partial charge in [0.25, 0.3) is 0 Å². The summed E-state index contributed by atoms with van der Waals surface area (Å²) in [5.74, 6) is 2.19. The molecule has 0 fully saturated rings. The fraction of sp³-hybridized carbons (Fsp3) is 0.429. The maximum absolute atomic E-state index is 5.80. The van der Waals surface area contributed by atoms with E-state index in [1.165, 1.54) is 0 Å². The van der Waals surface area contributed by atoms with Crippen molar-refractivity contribution in [2.24, 2.45) is 0 Å². The van der Waals surface area contributed by atoms with E-state index in [-0.39, 0.29) is 6.04 Å². The quantitative estimate of drug-likeness (QED) is 0.655. The molecule has 0 saturated carbocycles. The van der Waals surface area contributed by atoms with Crippen molar-refractivity contribution < 1.29 is 4.74 Å². The van der Waals surface area contributed by atoms with Gasteiger partial charge in [-0.05, 0) is 32.4 Å². The van der Waals surface area contributed by atoms with Crippen LogP contribution in [-0.4, -0.2) is 27.1 Å². The maximum atomic E-state index is 5.80. The smallest absolute Gasteiger partial charge is 0.222 e. The third-order valence-electron chi connectivity index (χ3n) is 2.87. The number of aryl methyl sites for hydroxylation is 1. The predicted molar refractivity (Wildman–Crippen MR) is 82.2 cm³/mol. The summed E-state index contributed by atoms with van der Waals surface area (Å²) in [4.78, 5) is 0. The number of ether oxygens (including phenoxy) is 1.